The highest BCUT2D eigenvalue weighted by Gasteiger charge is 2.00. The molecule has 0 aliphatic rings. The molecule has 1 aromatic heterocycles. The monoisotopic (exact) mass is 125 g/mol. The molecule has 50 valence electrons. The summed E-state index contributed by atoms with van der Waals surface area (Å²) in [4.78, 5) is 2.98. The predicted octanol–water partition coefficient (Wildman–Crippen LogP) is -0.0268. The molecule has 0 bridgehead atoms. The lowest BCUT2D eigenvalue weighted by molar-refractivity contribution is 0.716. The molecule has 0 unspecified atom stereocenters. The summed E-state index contributed by atoms with van der Waals surface area (Å²) in [7, 11) is 0. The van der Waals surface area contributed by atoms with Crippen molar-refractivity contribution in [3.63, 3.8) is 0 Å². The molecule has 3 nitrogen and oxygen atoms in total. The highest BCUT2D eigenvalue weighted by atomic mass is 14.8. The normalized spacial score (nSPS) is 13.6. The Hall–Kier alpha value is -0.800. The highest BCUT2D eigenvalue weighted by Crippen LogP contribution is 2.03. The third kappa shape index (κ3) is 1.31. The van der Waals surface area contributed by atoms with Crippen LogP contribution in [0.5, 0.6) is 0 Å². The fourth-order valence-corrected chi connectivity index (χ4v) is 0.702. The third-order valence-electron chi connectivity index (χ3n) is 1.28. The lowest BCUT2D eigenvalue weighted by atomic mass is 10.2. The van der Waals surface area contributed by atoms with Gasteiger partial charge >= 0.3 is 0 Å². The van der Waals surface area contributed by atoms with Gasteiger partial charge in [-0.25, -0.2) is 0 Å². The molecule has 1 heterocycles. The van der Waals surface area contributed by atoms with Crippen LogP contribution in [0.2, 0.25) is 0 Å². The molecule has 9 heavy (non-hydrogen) atoms. The molecule has 0 saturated carbocycles. The van der Waals surface area contributed by atoms with Crippen molar-refractivity contribution in [3.05, 3.63) is 24.0 Å². The summed E-state index contributed by atoms with van der Waals surface area (Å²) in [6, 6.07) is 3.79. The van der Waals surface area contributed by atoms with Gasteiger partial charge in [0.2, 0.25) is 0 Å². The molecular weight excluding hydrogens is 114 g/mol. The van der Waals surface area contributed by atoms with E-state index in [9.17, 15) is 0 Å². The van der Waals surface area contributed by atoms with Gasteiger partial charge < -0.3 is 16.5 Å². The molecule has 0 amide bonds. The Morgan fingerprint density at radius 3 is 2.89 bits per heavy atom. The first kappa shape index (κ1) is 6.32. The van der Waals surface area contributed by atoms with Crippen molar-refractivity contribution in [2.24, 2.45) is 11.5 Å². The second-order valence-electron chi connectivity index (χ2n) is 1.97. The number of nitrogens with two attached hydrogens (primary N) is 2. The van der Waals surface area contributed by atoms with Crippen molar-refractivity contribution in [3.8, 4) is 0 Å². The molecule has 0 aliphatic carbocycles. The Morgan fingerprint density at radius 2 is 2.44 bits per heavy atom. The van der Waals surface area contributed by atoms with Crippen LogP contribution >= 0.6 is 0 Å². The van der Waals surface area contributed by atoms with Gasteiger partial charge in [0.25, 0.3) is 0 Å². The average Bonchev–Trinajstić information content (AvgIpc) is 2.37. The standard InChI is InChI=1S/C6H11N3/c7-4-5(8)6-2-1-3-9-6/h1-3,5,9H,4,7-8H2/t5-/m0/s1. The Bertz CT molecular complexity index is 157. The molecule has 1 rings (SSSR count). The second-order valence-corrected chi connectivity index (χ2v) is 1.97. The summed E-state index contributed by atoms with van der Waals surface area (Å²) < 4.78 is 0. The number of hydrogen-bond donors (Lipinski definition) is 3. The number of aromatic nitrogens is 1. The van der Waals surface area contributed by atoms with Crippen LogP contribution in [0.25, 0.3) is 0 Å². The largest absolute Gasteiger partial charge is 0.364 e. The first-order chi connectivity index (χ1) is 4.34. The third-order valence-corrected chi connectivity index (χ3v) is 1.28. The molecule has 5 N–H and O–H groups in total. The van der Waals surface area contributed by atoms with E-state index in [0.29, 0.717) is 6.54 Å². The quantitative estimate of drug-likeness (QED) is 0.519. The van der Waals surface area contributed by atoms with Gasteiger partial charge in [0.05, 0.1) is 6.04 Å². The summed E-state index contributed by atoms with van der Waals surface area (Å²) >= 11 is 0. The number of H-pyrrole nitrogens is 1. The van der Waals surface area contributed by atoms with Gasteiger partial charge in [-0.2, -0.15) is 0 Å². The maximum absolute atomic E-state index is 5.58. The van der Waals surface area contributed by atoms with Crippen molar-refractivity contribution in [2.75, 3.05) is 6.54 Å². The van der Waals surface area contributed by atoms with Gasteiger partial charge in [-0.1, -0.05) is 0 Å². The van der Waals surface area contributed by atoms with E-state index in [2.05, 4.69) is 4.98 Å². The Kier molecular flexibility index (Phi) is 1.87. The summed E-state index contributed by atoms with van der Waals surface area (Å²) in [6.07, 6.45) is 1.84. The molecule has 0 radical (unpaired) electrons. The summed E-state index contributed by atoms with van der Waals surface area (Å²) in [5.74, 6) is 0. The van der Waals surface area contributed by atoms with Crippen molar-refractivity contribution in [2.45, 2.75) is 6.04 Å². The summed E-state index contributed by atoms with van der Waals surface area (Å²) in [6.45, 7) is 0.487. The summed E-state index contributed by atoms with van der Waals surface area (Å²) in [5.41, 5.74) is 11.9. The Labute approximate surface area is 54.1 Å². The Morgan fingerprint density at radius 1 is 1.67 bits per heavy atom. The molecule has 0 spiro atoms. The van der Waals surface area contributed by atoms with Crippen LogP contribution in [-0.2, 0) is 0 Å². The van der Waals surface area contributed by atoms with Crippen LogP contribution in [0.3, 0.4) is 0 Å². The van der Waals surface area contributed by atoms with Crippen LogP contribution in [0.15, 0.2) is 18.3 Å². The van der Waals surface area contributed by atoms with Gasteiger partial charge in [0.15, 0.2) is 0 Å². The van der Waals surface area contributed by atoms with Crippen LogP contribution in [0.4, 0.5) is 0 Å². The first-order valence-corrected chi connectivity index (χ1v) is 2.93. The zero-order valence-electron chi connectivity index (χ0n) is 5.17. The molecule has 0 fully saturated rings. The van der Waals surface area contributed by atoms with Crippen molar-refractivity contribution >= 4 is 0 Å². The van der Waals surface area contributed by atoms with Crippen LogP contribution in [0, 0.1) is 0 Å². The Balaban J connectivity index is 2.65. The minimum Gasteiger partial charge on any atom is -0.364 e. The van der Waals surface area contributed by atoms with E-state index in [1.54, 1.807) is 0 Å². The molecule has 0 aliphatic heterocycles. The van der Waals surface area contributed by atoms with E-state index in [1.165, 1.54) is 0 Å². The lowest BCUT2D eigenvalue weighted by Crippen LogP contribution is -2.20. The van der Waals surface area contributed by atoms with Crippen molar-refractivity contribution < 1.29 is 0 Å². The lowest BCUT2D eigenvalue weighted by Gasteiger charge is -2.03. The van der Waals surface area contributed by atoms with Crippen LogP contribution in [0.1, 0.15) is 11.7 Å². The highest BCUT2D eigenvalue weighted by molar-refractivity contribution is 5.08. The van der Waals surface area contributed by atoms with Gasteiger partial charge in [0.1, 0.15) is 0 Å². The fraction of sp³-hybridized carbons (Fsp3) is 0.333. The van der Waals surface area contributed by atoms with E-state index < -0.39 is 0 Å². The number of nitrogens with one attached hydrogen (secondary N) is 1. The molecule has 0 aromatic carbocycles. The fourth-order valence-electron chi connectivity index (χ4n) is 0.702. The minimum absolute atomic E-state index is 0.0417. The van der Waals surface area contributed by atoms with Gasteiger partial charge in [-0.05, 0) is 12.1 Å². The maximum Gasteiger partial charge on any atom is 0.0572 e. The molecule has 1 aromatic rings. The summed E-state index contributed by atoms with van der Waals surface area (Å²) in [5, 5.41) is 0. The molecule has 1 atom stereocenters. The van der Waals surface area contributed by atoms with E-state index in [1.807, 2.05) is 18.3 Å². The van der Waals surface area contributed by atoms with Gasteiger partial charge in [0, 0.05) is 18.4 Å². The maximum atomic E-state index is 5.58. The number of aromatic amines is 1. The SMILES string of the molecule is NC[C@H](N)c1ccc[nH]1. The van der Waals surface area contributed by atoms with E-state index in [-0.39, 0.29) is 6.04 Å². The average molecular weight is 125 g/mol. The predicted molar refractivity (Wildman–Crippen MR) is 36.8 cm³/mol. The zero-order valence-corrected chi connectivity index (χ0v) is 5.17. The smallest absolute Gasteiger partial charge is 0.0572 e. The van der Waals surface area contributed by atoms with Gasteiger partial charge in [-0.3, -0.25) is 0 Å². The first-order valence-electron chi connectivity index (χ1n) is 2.93. The van der Waals surface area contributed by atoms with Crippen molar-refractivity contribution in [1.29, 1.82) is 0 Å². The molecular formula is C6H11N3. The minimum atomic E-state index is -0.0417. The molecule has 3 heteroatoms. The van der Waals surface area contributed by atoms with Gasteiger partial charge in [-0.15, -0.1) is 0 Å². The van der Waals surface area contributed by atoms with Crippen LogP contribution < -0.4 is 11.5 Å². The molecule has 0 saturated heterocycles. The van der Waals surface area contributed by atoms with E-state index in [0.717, 1.165) is 5.69 Å². The van der Waals surface area contributed by atoms with E-state index >= 15 is 0 Å². The number of hydrogen-bond acceptors (Lipinski definition) is 2. The van der Waals surface area contributed by atoms with Crippen molar-refractivity contribution in [1.82, 2.24) is 4.98 Å². The van der Waals surface area contributed by atoms with E-state index in [4.69, 9.17) is 11.5 Å². The number of rotatable bonds is 2. The second kappa shape index (κ2) is 2.66. The zero-order chi connectivity index (χ0) is 6.69. The van der Waals surface area contributed by atoms with Crippen LogP contribution in [-0.4, -0.2) is 11.5 Å². The topological polar surface area (TPSA) is 67.8 Å².